The fourth-order valence-electron chi connectivity index (χ4n) is 4.86. The Morgan fingerprint density at radius 1 is 1.29 bits per heavy atom. The van der Waals surface area contributed by atoms with E-state index in [0.717, 1.165) is 24.0 Å². The van der Waals surface area contributed by atoms with Gasteiger partial charge in [0, 0.05) is 29.8 Å². The number of ether oxygens (including phenoxy) is 1. The number of amides is 1. The second-order valence-electron chi connectivity index (χ2n) is 8.35. The van der Waals surface area contributed by atoms with Gasteiger partial charge >= 0.3 is 0 Å². The molecule has 0 spiro atoms. The Kier molecular flexibility index (Phi) is 4.78. The third kappa shape index (κ3) is 3.20. The molecular formula is C24H24FN3O3. The second kappa shape index (κ2) is 7.50. The van der Waals surface area contributed by atoms with Crippen LogP contribution >= 0.6 is 0 Å². The van der Waals surface area contributed by atoms with Crippen molar-refractivity contribution in [3.05, 3.63) is 70.2 Å². The van der Waals surface area contributed by atoms with Crippen molar-refractivity contribution in [1.82, 2.24) is 15.1 Å². The van der Waals surface area contributed by atoms with Crippen molar-refractivity contribution in [2.75, 3.05) is 13.2 Å². The van der Waals surface area contributed by atoms with Crippen LogP contribution in [-0.2, 0) is 4.74 Å². The Labute approximate surface area is 179 Å². The monoisotopic (exact) mass is 421 g/mol. The lowest BCUT2D eigenvalue weighted by Gasteiger charge is -2.28. The van der Waals surface area contributed by atoms with E-state index in [2.05, 4.69) is 10.2 Å². The summed E-state index contributed by atoms with van der Waals surface area (Å²) in [7, 11) is 0. The molecule has 0 saturated carbocycles. The van der Waals surface area contributed by atoms with Crippen molar-refractivity contribution in [3.63, 3.8) is 0 Å². The van der Waals surface area contributed by atoms with Gasteiger partial charge in [0.15, 0.2) is 0 Å². The number of phenolic OH excluding ortho intramolecular Hbond substituents is 1. The average molecular weight is 421 g/mol. The van der Waals surface area contributed by atoms with Crippen molar-refractivity contribution >= 4 is 5.91 Å². The van der Waals surface area contributed by atoms with Crippen LogP contribution in [0, 0.1) is 19.7 Å². The molecule has 1 saturated heterocycles. The Morgan fingerprint density at radius 3 is 2.81 bits per heavy atom. The van der Waals surface area contributed by atoms with Crippen LogP contribution < -0.4 is 0 Å². The molecule has 6 nitrogen and oxygen atoms in total. The topological polar surface area (TPSA) is 78.5 Å². The summed E-state index contributed by atoms with van der Waals surface area (Å²) in [4.78, 5) is 15.0. The van der Waals surface area contributed by atoms with Gasteiger partial charge in [0.25, 0.3) is 5.91 Å². The highest BCUT2D eigenvalue weighted by Crippen LogP contribution is 2.46. The summed E-state index contributed by atoms with van der Waals surface area (Å²) in [5.41, 5.74) is 4.12. The molecule has 1 fully saturated rings. The molecule has 5 rings (SSSR count). The van der Waals surface area contributed by atoms with Gasteiger partial charge in [-0.2, -0.15) is 5.10 Å². The number of rotatable bonds is 4. The highest BCUT2D eigenvalue weighted by atomic mass is 19.1. The third-order valence-electron chi connectivity index (χ3n) is 6.18. The first kappa shape index (κ1) is 19.8. The van der Waals surface area contributed by atoms with Gasteiger partial charge in [-0.1, -0.05) is 24.3 Å². The molecule has 2 aliphatic rings. The predicted octanol–water partition coefficient (Wildman–Crippen LogP) is 4.26. The number of fused-ring (bicyclic) bond motifs is 1. The van der Waals surface area contributed by atoms with Gasteiger partial charge in [-0.25, -0.2) is 4.39 Å². The summed E-state index contributed by atoms with van der Waals surface area (Å²) in [6, 6.07) is 9.46. The van der Waals surface area contributed by atoms with Crippen molar-refractivity contribution in [3.8, 4) is 17.0 Å². The van der Waals surface area contributed by atoms with Crippen LogP contribution in [0.15, 0.2) is 36.4 Å². The molecule has 3 aromatic rings. The number of benzene rings is 2. The molecule has 0 aliphatic carbocycles. The van der Waals surface area contributed by atoms with Crippen molar-refractivity contribution in [2.45, 2.75) is 38.8 Å². The standard InChI is InChI=1S/C24H24FN3O3/c1-13-10-14(2)19(18(29)11-13)21-20-22(27-26-21)24(30)28(12-15-6-5-9-31-15)23(20)16-7-3-4-8-17(16)25/h3-4,7-8,10-11,15,23,29H,5-6,9,12H2,1-2H3,(H,26,27)/t15-,23+/m1/s1. The minimum Gasteiger partial charge on any atom is -0.507 e. The number of nitrogens with one attached hydrogen (secondary N) is 1. The van der Waals surface area contributed by atoms with Gasteiger partial charge in [-0.15, -0.1) is 0 Å². The normalized spacial score (nSPS) is 20.5. The van der Waals surface area contributed by atoms with Gasteiger partial charge in [0.1, 0.15) is 23.0 Å². The third-order valence-corrected chi connectivity index (χ3v) is 6.18. The summed E-state index contributed by atoms with van der Waals surface area (Å²) in [5, 5.41) is 18.0. The smallest absolute Gasteiger partial charge is 0.273 e. The lowest BCUT2D eigenvalue weighted by atomic mass is 9.93. The highest BCUT2D eigenvalue weighted by molar-refractivity contribution is 6.00. The number of aromatic nitrogens is 2. The molecule has 2 aromatic carbocycles. The van der Waals surface area contributed by atoms with Crippen LogP contribution in [0.3, 0.4) is 0 Å². The Hall–Kier alpha value is -3.19. The number of aromatic hydroxyl groups is 1. The summed E-state index contributed by atoms with van der Waals surface area (Å²) in [6.45, 7) is 4.84. The molecule has 31 heavy (non-hydrogen) atoms. The van der Waals surface area contributed by atoms with E-state index in [0.29, 0.717) is 41.2 Å². The Balaban J connectivity index is 1.69. The number of hydrogen-bond donors (Lipinski definition) is 2. The molecule has 0 unspecified atom stereocenters. The lowest BCUT2D eigenvalue weighted by Crippen LogP contribution is -2.36. The van der Waals surface area contributed by atoms with Gasteiger partial charge in [-0.05, 0) is 49.9 Å². The van der Waals surface area contributed by atoms with Crippen LogP contribution in [0.25, 0.3) is 11.3 Å². The van der Waals surface area contributed by atoms with Crippen molar-refractivity contribution in [2.24, 2.45) is 0 Å². The molecule has 1 aromatic heterocycles. The van der Waals surface area contributed by atoms with Crippen molar-refractivity contribution in [1.29, 1.82) is 0 Å². The van der Waals surface area contributed by atoms with Gasteiger partial charge in [0.05, 0.1) is 12.1 Å². The molecular weight excluding hydrogens is 397 g/mol. The maximum Gasteiger partial charge on any atom is 0.273 e. The molecule has 2 aliphatic heterocycles. The summed E-state index contributed by atoms with van der Waals surface area (Å²) < 4.78 is 20.7. The maximum absolute atomic E-state index is 15.0. The zero-order valence-electron chi connectivity index (χ0n) is 17.5. The lowest BCUT2D eigenvalue weighted by molar-refractivity contribution is 0.0492. The quantitative estimate of drug-likeness (QED) is 0.660. The van der Waals surface area contributed by atoms with Crippen LogP contribution in [-0.4, -0.2) is 45.4 Å². The SMILES string of the molecule is Cc1cc(C)c(-c2n[nH]c3c2[C@H](c2ccccc2F)N(C[C@H]2CCCO2)C3=O)c(O)c1. The van der Waals surface area contributed by atoms with Crippen LogP contribution in [0.4, 0.5) is 4.39 Å². The van der Waals surface area contributed by atoms with Gasteiger partial charge < -0.3 is 14.7 Å². The van der Waals surface area contributed by atoms with Crippen LogP contribution in [0.5, 0.6) is 5.75 Å². The molecule has 1 amide bonds. The number of H-pyrrole nitrogens is 1. The first-order valence-corrected chi connectivity index (χ1v) is 10.5. The number of nitrogens with zero attached hydrogens (tertiary/aromatic N) is 2. The molecule has 2 atom stereocenters. The summed E-state index contributed by atoms with van der Waals surface area (Å²) in [5.74, 6) is -0.534. The minimum atomic E-state index is -0.651. The molecule has 2 N–H and O–H groups in total. The highest BCUT2D eigenvalue weighted by Gasteiger charge is 2.44. The van der Waals surface area contributed by atoms with E-state index >= 15 is 0 Å². The van der Waals surface area contributed by atoms with E-state index in [-0.39, 0.29) is 23.6 Å². The number of aromatic amines is 1. The summed E-state index contributed by atoms with van der Waals surface area (Å²) in [6.07, 6.45) is 1.74. The average Bonchev–Trinajstić information content (AvgIpc) is 3.43. The van der Waals surface area contributed by atoms with Gasteiger partial charge in [-0.3, -0.25) is 9.89 Å². The predicted molar refractivity (Wildman–Crippen MR) is 113 cm³/mol. The fourth-order valence-corrected chi connectivity index (χ4v) is 4.86. The van der Waals surface area contributed by atoms with E-state index in [1.165, 1.54) is 6.07 Å². The second-order valence-corrected chi connectivity index (χ2v) is 8.35. The molecule has 160 valence electrons. The number of hydrogen-bond acceptors (Lipinski definition) is 4. The number of halogens is 1. The van der Waals surface area contributed by atoms with Crippen molar-refractivity contribution < 1.29 is 19.0 Å². The van der Waals surface area contributed by atoms with Crippen LogP contribution in [0.2, 0.25) is 0 Å². The number of phenols is 1. The van der Waals surface area contributed by atoms with E-state index in [1.807, 2.05) is 19.9 Å². The zero-order valence-corrected chi connectivity index (χ0v) is 17.5. The number of carbonyl (C=O) groups is 1. The fraction of sp³-hybridized carbons (Fsp3) is 0.333. The number of carbonyl (C=O) groups excluding carboxylic acids is 1. The molecule has 3 heterocycles. The van der Waals surface area contributed by atoms with E-state index < -0.39 is 6.04 Å². The largest absolute Gasteiger partial charge is 0.507 e. The van der Waals surface area contributed by atoms with Crippen LogP contribution in [0.1, 0.15) is 51.6 Å². The van der Waals surface area contributed by atoms with E-state index in [9.17, 15) is 14.3 Å². The van der Waals surface area contributed by atoms with E-state index in [4.69, 9.17) is 4.74 Å². The maximum atomic E-state index is 15.0. The Bertz CT molecular complexity index is 1140. The summed E-state index contributed by atoms with van der Waals surface area (Å²) >= 11 is 0. The zero-order chi connectivity index (χ0) is 21.7. The molecule has 0 radical (unpaired) electrons. The Morgan fingerprint density at radius 2 is 2.10 bits per heavy atom. The van der Waals surface area contributed by atoms with E-state index in [1.54, 1.807) is 29.2 Å². The minimum absolute atomic E-state index is 0.0758. The molecule has 7 heteroatoms. The molecule has 0 bridgehead atoms. The first-order chi connectivity index (χ1) is 15.0. The first-order valence-electron chi connectivity index (χ1n) is 10.5. The number of aryl methyl sites for hydroxylation is 2. The van der Waals surface area contributed by atoms with Gasteiger partial charge in [0.2, 0.25) is 0 Å².